The molecule has 1 fully saturated rings. The number of fused-ring (bicyclic) bond motifs is 1. The SMILES string of the molecule is Cc1nc(NC2CCCC2)c2nc[nH]c2n1. The third-order valence-corrected chi connectivity index (χ3v) is 3.09. The quantitative estimate of drug-likeness (QED) is 0.807. The van der Waals surface area contributed by atoms with Gasteiger partial charge in [0.25, 0.3) is 0 Å². The van der Waals surface area contributed by atoms with Crippen molar-refractivity contribution < 1.29 is 0 Å². The summed E-state index contributed by atoms with van der Waals surface area (Å²) < 4.78 is 0. The molecule has 2 heterocycles. The minimum Gasteiger partial charge on any atom is -0.365 e. The van der Waals surface area contributed by atoms with Crippen molar-refractivity contribution in [3.8, 4) is 0 Å². The highest BCUT2D eigenvalue weighted by Crippen LogP contribution is 2.24. The fraction of sp³-hybridized carbons (Fsp3) is 0.545. The van der Waals surface area contributed by atoms with Gasteiger partial charge in [0.2, 0.25) is 0 Å². The fourth-order valence-corrected chi connectivity index (χ4v) is 2.31. The number of hydrogen-bond donors (Lipinski definition) is 2. The maximum absolute atomic E-state index is 4.43. The van der Waals surface area contributed by atoms with Gasteiger partial charge in [0.15, 0.2) is 11.5 Å². The van der Waals surface area contributed by atoms with Gasteiger partial charge in [-0.15, -0.1) is 0 Å². The molecule has 0 radical (unpaired) electrons. The molecule has 1 aliphatic carbocycles. The average molecular weight is 217 g/mol. The van der Waals surface area contributed by atoms with Crippen LogP contribution in [0.15, 0.2) is 6.33 Å². The summed E-state index contributed by atoms with van der Waals surface area (Å²) >= 11 is 0. The molecule has 5 nitrogen and oxygen atoms in total. The number of rotatable bonds is 2. The van der Waals surface area contributed by atoms with Gasteiger partial charge in [-0.2, -0.15) is 0 Å². The van der Waals surface area contributed by atoms with Crippen LogP contribution >= 0.6 is 0 Å². The van der Waals surface area contributed by atoms with E-state index in [9.17, 15) is 0 Å². The Kier molecular flexibility index (Phi) is 2.23. The van der Waals surface area contributed by atoms with E-state index in [0.29, 0.717) is 6.04 Å². The molecule has 5 heteroatoms. The molecule has 16 heavy (non-hydrogen) atoms. The first-order valence-corrected chi connectivity index (χ1v) is 5.77. The van der Waals surface area contributed by atoms with E-state index in [1.807, 2.05) is 6.92 Å². The summed E-state index contributed by atoms with van der Waals surface area (Å²) in [5.74, 6) is 1.65. The first-order valence-electron chi connectivity index (χ1n) is 5.77. The van der Waals surface area contributed by atoms with Gasteiger partial charge in [0.05, 0.1) is 6.33 Å². The van der Waals surface area contributed by atoms with Crippen molar-refractivity contribution in [3.63, 3.8) is 0 Å². The summed E-state index contributed by atoms with van der Waals surface area (Å²) in [6.07, 6.45) is 6.75. The van der Waals surface area contributed by atoms with Crippen LogP contribution in [0, 0.1) is 6.92 Å². The molecule has 0 amide bonds. The summed E-state index contributed by atoms with van der Waals surface area (Å²) in [5.41, 5.74) is 1.66. The van der Waals surface area contributed by atoms with Crippen LogP contribution in [-0.2, 0) is 0 Å². The number of anilines is 1. The van der Waals surface area contributed by atoms with E-state index < -0.39 is 0 Å². The van der Waals surface area contributed by atoms with Crippen LogP contribution in [0.2, 0.25) is 0 Å². The van der Waals surface area contributed by atoms with Crippen LogP contribution in [-0.4, -0.2) is 26.0 Å². The van der Waals surface area contributed by atoms with Gasteiger partial charge in [-0.25, -0.2) is 15.0 Å². The highest BCUT2D eigenvalue weighted by atomic mass is 15.1. The molecule has 1 aliphatic rings. The first-order chi connectivity index (χ1) is 7.83. The number of hydrogen-bond acceptors (Lipinski definition) is 4. The number of nitrogens with zero attached hydrogens (tertiary/aromatic N) is 3. The number of aryl methyl sites for hydroxylation is 1. The van der Waals surface area contributed by atoms with Crippen molar-refractivity contribution in [2.24, 2.45) is 0 Å². The van der Waals surface area contributed by atoms with Gasteiger partial charge < -0.3 is 10.3 Å². The molecule has 3 rings (SSSR count). The van der Waals surface area contributed by atoms with Crippen molar-refractivity contribution in [2.45, 2.75) is 38.6 Å². The van der Waals surface area contributed by atoms with Gasteiger partial charge in [0, 0.05) is 6.04 Å². The van der Waals surface area contributed by atoms with Crippen LogP contribution in [0.25, 0.3) is 11.2 Å². The van der Waals surface area contributed by atoms with Crippen molar-refractivity contribution >= 4 is 17.0 Å². The Morgan fingerprint density at radius 3 is 2.94 bits per heavy atom. The number of H-pyrrole nitrogens is 1. The van der Waals surface area contributed by atoms with E-state index in [2.05, 4.69) is 25.3 Å². The molecule has 0 atom stereocenters. The van der Waals surface area contributed by atoms with E-state index in [4.69, 9.17) is 0 Å². The van der Waals surface area contributed by atoms with Gasteiger partial charge in [0.1, 0.15) is 11.3 Å². The maximum Gasteiger partial charge on any atom is 0.163 e. The second kappa shape index (κ2) is 3.73. The number of nitrogens with one attached hydrogen (secondary N) is 2. The molecule has 0 saturated heterocycles. The Bertz CT molecular complexity index is 498. The maximum atomic E-state index is 4.43. The molecule has 0 aromatic carbocycles. The van der Waals surface area contributed by atoms with E-state index >= 15 is 0 Å². The molecule has 2 aromatic rings. The van der Waals surface area contributed by atoms with Crippen molar-refractivity contribution in [1.29, 1.82) is 0 Å². The molecular formula is C11H15N5. The zero-order valence-electron chi connectivity index (χ0n) is 9.32. The average Bonchev–Trinajstić information content (AvgIpc) is 2.87. The smallest absolute Gasteiger partial charge is 0.163 e. The summed E-state index contributed by atoms with van der Waals surface area (Å²) in [7, 11) is 0. The van der Waals surface area contributed by atoms with E-state index in [1.165, 1.54) is 25.7 Å². The van der Waals surface area contributed by atoms with E-state index in [0.717, 1.165) is 22.8 Å². The summed E-state index contributed by atoms with van der Waals surface area (Å²) in [6, 6.07) is 0.550. The molecule has 0 aliphatic heterocycles. The predicted octanol–water partition coefficient (Wildman–Crippen LogP) is 2.02. The Balaban J connectivity index is 1.97. The van der Waals surface area contributed by atoms with Crippen molar-refractivity contribution in [3.05, 3.63) is 12.2 Å². The van der Waals surface area contributed by atoms with Crippen LogP contribution in [0.3, 0.4) is 0 Å². The largest absolute Gasteiger partial charge is 0.365 e. The molecular weight excluding hydrogens is 202 g/mol. The number of imidazole rings is 1. The van der Waals surface area contributed by atoms with Crippen molar-refractivity contribution in [1.82, 2.24) is 19.9 Å². The topological polar surface area (TPSA) is 66.5 Å². The summed E-state index contributed by atoms with van der Waals surface area (Å²) in [5, 5.41) is 3.48. The van der Waals surface area contributed by atoms with Crippen LogP contribution in [0.5, 0.6) is 0 Å². The number of aromatic nitrogens is 4. The lowest BCUT2D eigenvalue weighted by Crippen LogP contribution is -2.16. The summed E-state index contributed by atoms with van der Waals surface area (Å²) in [4.78, 5) is 16.0. The Morgan fingerprint density at radius 1 is 1.31 bits per heavy atom. The molecule has 1 saturated carbocycles. The third kappa shape index (κ3) is 1.62. The predicted molar refractivity (Wildman–Crippen MR) is 62.3 cm³/mol. The van der Waals surface area contributed by atoms with Crippen molar-refractivity contribution in [2.75, 3.05) is 5.32 Å². The molecule has 2 N–H and O–H groups in total. The highest BCUT2D eigenvalue weighted by Gasteiger charge is 2.17. The second-order valence-corrected chi connectivity index (χ2v) is 4.34. The molecule has 0 spiro atoms. The lowest BCUT2D eigenvalue weighted by atomic mass is 10.2. The number of aromatic amines is 1. The molecule has 2 aromatic heterocycles. The Labute approximate surface area is 93.7 Å². The van der Waals surface area contributed by atoms with Gasteiger partial charge in [-0.3, -0.25) is 0 Å². The summed E-state index contributed by atoms with van der Waals surface area (Å²) in [6.45, 7) is 1.90. The molecule has 0 unspecified atom stereocenters. The van der Waals surface area contributed by atoms with Crippen LogP contribution < -0.4 is 5.32 Å². The normalized spacial score (nSPS) is 17.1. The van der Waals surface area contributed by atoms with E-state index in [-0.39, 0.29) is 0 Å². The lowest BCUT2D eigenvalue weighted by molar-refractivity contribution is 0.750. The monoisotopic (exact) mass is 217 g/mol. The van der Waals surface area contributed by atoms with Gasteiger partial charge in [-0.05, 0) is 19.8 Å². The van der Waals surface area contributed by atoms with E-state index in [1.54, 1.807) is 6.33 Å². The molecule has 84 valence electrons. The third-order valence-electron chi connectivity index (χ3n) is 3.09. The second-order valence-electron chi connectivity index (χ2n) is 4.34. The zero-order chi connectivity index (χ0) is 11.0. The highest BCUT2D eigenvalue weighted by molar-refractivity contribution is 5.82. The fourth-order valence-electron chi connectivity index (χ4n) is 2.31. The lowest BCUT2D eigenvalue weighted by Gasteiger charge is -2.12. The minimum absolute atomic E-state index is 0.550. The Hall–Kier alpha value is -1.65. The van der Waals surface area contributed by atoms with Gasteiger partial charge >= 0.3 is 0 Å². The van der Waals surface area contributed by atoms with Gasteiger partial charge in [-0.1, -0.05) is 12.8 Å². The van der Waals surface area contributed by atoms with Crippen LogP contribution in [0.4, 0.5) is 5.82 Å². The Morgan fingerprint density at radius 2 is 2.12 bits per heavy atom. The van der Waals surface area contributed by atoms with Crippen LogP contribution in [0.1, 0.15) is 31.5 Å². The minimum atomic E-state index is 0.550. The zero-order valence-corrected chi connectivity index (χ0v) is 9.32. The molecule has 0 bridgehead atoms. The first kappa shape index (κ1) is 9.57. The standard InChI is InChI=1S/C11H15N5/c1-7-14-10-9(12-6-13-10)11(15-7)16-8-4-2-3-5-8/h6,8H,2-5H2,1H3,(H2,12,13,14,15,16).